The van der Waals surface area contributed by atoms with Gasteiger partial charge in [-0.3, -0.25) is 10.1 Å². The number of rotatable bonds is 0. The molecule has 0 spiro atoms. The van der Waals surface area contributed by atoms with E-state index < -0.39 is 22.5 Å². The molecule has 0 aromatic rings. The van der Waals surface area contributed by atoms with E-state index in [0.717, 1.165) is 0 Å². The van der Waals surface area contributed by atoms with Crippen LogP contribution in [0.1, 0.15) is 6.92 Å². The predicted octanol–water partition coefficient (Wildman–Crippen LogP) is -0.702. The smallest absolute Gasteiger partial charge is 0.323 e. The Hall–Kier alpha value is -0.620. The van der Waals surface area contributed by atoms with Gasteiger partial charge in [-0.2, -0.15) is 0 Å². The molecule has 0 saturated carbocycles. The maximum Gasteiger partial charge on any atom is 0.323 e. The number of imide groups is 1. The fourth-order valence-corrected chi connectivity index (χ4v) is 0.859. The molecule has 0 aromatic heterocycles. The van der Waals surface area contributed by atoms with E-state index in [1.807, 2.05) is 5.32 Å². The number of halogens is 1. The van der Waals surface area contributed by atoms with Crippen LogP contribution in [0.4, 0.5) is 4.79 Å². The Morgan fingerprint density at radius 3 is 2.64 bits per heavy atom. The molecule has 5 nitrogen and oxygen atoms in total. The molecule has 0 aliphatic carbocycles. The third-order valence-electron chi connectivity index (χ3n) is 1.45. The van der Waals surface area contributed by atoms with E-state index in [-0.39, 0.29) is 0 Å². The van der Waals surface area contributed by atoms with Gasteiger partial charge in [0.05, 0.1) is 0 Å². The number of urea groups is 1. The van der Waals surface area contributed by atoms with Crippen molar-refractivity contribution in [2.75, 3.05) is 0 Å². The maximum atomic E-state index is 11.0. The summed E-state index contributed by atoms with van der Waals surface area (Å²) in [7, 11) is 0. The van der Waals surface area contributed by atoms with Crippen LogP contribution in [0.25, 0.3) is 0 Å². The largest absolute Gasteiger partial charge is 0.372 e. The normalized spacial score (nSPS) is 37.9. The first-order valence-corrected chi connectivity index (χ1v) is 3.73. The van der Waals surface area contributed by atoms with E-state index in [1.54, 1.807) is 0 Å². The van der Waals surface area contributed by atoms with Gasteiger partial charge in [0.1, 0.15) is 4.32 Å². The number of hydrogen-bond donors (Lipinski definition) is 3. The Kier molecular flexibility index (Phi) is 1.89. The third-order valence-corrected chi connectivity index (χ3v) is 2.25. The Bertz CT molecular complexity index is 216. The molecule has 0 unspecified atom stereocenters. The van der Waals surface area contributed by atoms with Gasteiger partial charge in [-0.25, -0.2) is 4.79 Å². The van der Waals surface area contributed by atoms with E-state index in [4.69, 9.17) is 5.11 Å². The summed E-state index contributed by atoms with van der Waals surface area (Å²) in [4.78, 5) is 21.5. The van der Waals surface area contributed by atoms with Crippen molar-refractivity contribution in [3.63, 3.8) is 0 Å². The molecule has 6 heteroatoms. The van der Waals surface area contributed by atoms with Crippen molar-refractivity contribution in [2.45, 2.75) is 17.5 Å². The van der Waals surface area contributed by atoms with E-state index in [9.17, 15) is 9.59 Å². The fourth-order valence-electron chi connectivity index (χ4n) is 0.645. The Balaban J connectivity index is 2.84. The molecule has 0 aromatic carbocycles. The minimum absolute atomic E-state index is 0.547. The summed E-state index contributed by atoms with van der Waals surface area (Å²) in [6, 6.07) is -0.681. The molecule has 62 valence electrons. The van der Waals surface area contributed by atoms with Crippen molar-refractivity contribution < 1.29 is 14.7 Å². The van der Waals surface area contributed by atoms with Gasteiger partial charge >= 0.3 is 6.03 Å². The molecular formula is C5H7BrN2O3. The first kappa shape index (κ1) is 8.48. The standard InChI is InChI=1S/C5H7BrN2O3/c1-5(6)2(9)7-4(11)8-3(5)10/h2,9H,1H3,(H2,7,8,10,11)/t2-,5-/m0/s1. The zero-order valence-electron chi connectivity index (χ0n) is 5.72. The zero-order valence-corrected chi connectivity index (χ0v) is 7.31. The zero-order chi connectivity index (χ0) is 8.65. The lowest BCUT2D eigenvalue weighted by Gasteiger charge is -2.31. The second-order valence-electron chi connectivity index (χ2n) is 2.41. The van der Waals surface area contributed by atoms with E-state index in [2.05, 4.69) is 21.2 Å². The molecule has 3 N–H and O–H groups in total. The van der Waals surface area contributed by atoms with Crippen LogP contribution in [-0.4, -0.2) is 27.6 Å². The Morgan fingerprint density at radius 1 is 1.64 bits per heavy atom. The number of alkyl halides is 1. The summed E-state index contributed by atoms with van der Waals surface area (Å²) in [5.41, 5.74) is 0. The fraction of sp³-hybridized carbons (Fsp3) is 0.600. The number of carbonyl (C=O) groups is 2. The molecular weight excluding hydrogens is 216 g/mol. The summed E-state index contributed by atoms with van der Waals surface area (Å²) in [5.74, 6) is -0.547. The second-order valence-corrected chi connectivity index (χ2v) is 4.05. The van der Waals surface area contributed by atoms with Crippen molar-refractivity contribution in [3.8, 4) is 0 Å². The van der Waals surface area contributed by atoms with Gasteiger partial charge in [-0.05, 0) is 6.92 Å². The topological polar surface area (TPSA) is 78.4 Å². The van der Waals surface area contributed by atoms with Gasteiger partial charge in [0.15, 0.2) is 6.23 Å². The van der Waals surface area contributed by atoms with Crippen molar-refractivity contribution in [1.82, 2.24) is 10.6 Å². The SMILES string of the molecule is C[C@@]1(Br)C(=O)NC(=O)N[C@H]1O. The van der Waals surface area contributed by atoms with Gasteiger partial charge in [-0.15, -0.1) is 0 Å². The highest BCUT2D eigenvalue weighted by molar-refractivity contribution is 9.10. The molecule has 0 radical (unpaired) electrons. The average Bonchev–Trinajstić information content (AvgIpc) is 1.84. The molecule has 1 fully saturated rings. The molecule has 1 rings (SSSR count). The molecule has 2 atom stereocenters. The quantitative estimate of drug-likeness (QED) is 0.475. The Labute approximate surface area is 71.3 Å². The van der Waals surface area contributed by atoms with Crippen LogP contribution < -0.4 is 10.6 Å². The average molecular weight is 223 g/mol. The van der Waals surface area contributed by atoms with Crippen molar-refractivity contribution in [1.29, 1.82) is 0 Å². The van der Waals surface area contributed by atoms with Gasteiger partial charge in [0.2, 0.25) is 5.91 Å². The number of aliphatic hydroxyl groups excluding tert-OH is 1. The van der Waals surface area contributed by atoms with Crippen LogP contribution >= 0.6 is 15.9 Å². The second kappa shape index (κ2) is 2.46. The third kappa shape index (κ3) is 1.36. The van der Waals surface area contributed by atoms with Crippen LogP contribution in [0, 0.1) is 0 Å². The van der Waals surface area contributed by atoms with Crippen LogP contribution in [0.2, 0.25) is 0 Å². The maximum absolute atomic E-state index is 11.0. The minimum atomic E-state index is -1.19. The highest BCUT2D eigenvalue weighted by atomic mass is 79.9. The van der Waals surface area contributed by atoms with Gasteiger partial charge in [0, 0.05) is 0 Å². The van der Waals surface area contributed by atoms with Crippen LogP contribution in [0.3, 0.4) is 0 Å². The summed E-state index contributed by atoms with van der Waals surface area (Å²) in [6.45, 7) is 1.46. The van der Waals surface area contributed by atoms with E-state index >= 15 is 0 Å². The summed E-state index contributed by atoms with van der Waals surface area (Å²) in [6.07, 6.45) is -1.19. The summed E-state index contributed by atoms with van der Waals surface area (Å²) < 4.78 is -1.14. The van der Waals surface area contributed by atoms with Gasteiger partial charge in [0.25, 0.3) is 0 Å². The molecule has 1 heterocycles. The van der Waals surface area contributed by atoms with Gasteiger partial charge in [-0.1, -0.05) is 15.9 Å². The van der Waals surface area contributed by atoms with Crippen LogP contribution in [-0.2, 0) is 4.79 Å². The van der Waals surface area contributed by atoms with E-state index in [1.165, 1.54) is 6.92 Å². The molecule has 1 aliphatic heterocycles. The van der Waals surface area contributed by atoms with Crippen molar-refractivity contribution in [3.05, 3.63) is 0 Å². The van der Waals surface area contributed by atoms with Gasteiger partial charge < -0.3 is 10.4 Å². The number of aliphatic hydroxyl groups is 1. The lowest BCUT2D eigenvalue weighted by Crippen LogP contribution is -2.64. The lowest BCUT2D eigenvalue weighted by molar-refractivity contribution is -0.126. The number of amides is 3. The summed E-state index contributed by atoms with van der Waals surface area (Å²) >= 11 is 2.97. The highest BCUT2D eigenvalue weighted by Gasteiger charge is 2.43. The van der Waals surface area contributed by atoms with Crippen LogP contribution in [0.5, 0.6) is 0 Å². The number of nitrogens with one attached hydrogen (secondary N) is 2. The minimum Gasteiger partial charge on any atom is -0.372 e. The van der Waals surface area contributed by atoms with E-state index in [0.29, 0.717) is 0 Å². The highest BCUT2D eigenvalue weighted by Crippen LogP contribution is 2.22. The van der Waals surface area contributed by atoms with Crippen molar-refractivity contribution >= 4 is 27.9 Å². The first-order valence-electron chi connectivity index (χ1n) is 2.93. The Morgan fingerprint density at radius 2 is 2.18 bits per heavy atom. The number of carbonyl (C=O) groups excluding carboxylic acids is 2. The monoisotopic (exact) mass is 222 g/mol. The van der Waals surface area contributed by atoms with Crippen molar-refractivity contribution in [2.24, 2.45) is 0 Å². The molecule has 1 aliphatic rings. The summed E-state index contributed by atoms with van der Waals surface area (Å²) in [5, 5.41) is 13.3. The predicted molar refractivity (Wildman–Crippen MR) is 40.0 cm³/mol. The molecule has 0 bridgehead atoms. The molecule has 11 heavy (non-hydrogen) atoms. The molecule has 1 saturated heterocycles. The molecule has 3 amide bonds. The van der Waals surface area contributed by atoms with Crippen LogP contribution in [0.15, 0.2) is 0 Å². The number of hydrogen-bond acceptors (Lipinski definition) is 3. The first-order chi connectivity index (χ1) is 4.94. The lowest BCUT2D eigenvalue weighted by atomic mass is 10.1.